The summed E-state index contributed by atoms with van der Waals surface area (Å²) in [6, 6.07) is 3.11. The number of hydrogen-bond donors (Lipinski definition) is 1. The van der Waals surface area contributed by atoms with Crippen molar-refractivity contribution in [2.45, 2.75) is 25.2 Å². The van der Waals surface area contributed by atoms with Crippen molar-refractivity contribution in [1.82, 2.24) is 9.71 Å². The van der Waals surface area contributed by atoms with Crippen molar-refractivity contribution < 1.29 is 13.3 Å². The normalized spacial score (nSPS) is 11.5. The van der Waals surface area contributed by atoms with Gasteiger partial charge in [-0.25, -0.2) is 18.1 Å². The zero-order chi connectivity index (χ0) is 16.3. The molecule has 0 aliphatic rings. The van der Waals surface area contributed by atoms with Gasteiger partial charge < -0.3 is 0 Å². The van der Waals surface area contributed by atoms with Crippen LogP contribution >= 0.6 is 11.3 Å². The number of hydrogen-bond acceptors (Lipinski definition) is 6. The van der Waals surface area contributed by atoms with Crippen LogP contribution in [0.3, 0.4) is 0 Å². The van der Waals surface area contributed by atoms with Crippen LogP contribution in [0.4, 0.5) is 5.69 Å². The van der Waals surface area contributed by atoms with Crippen LogP contribution in [0.1, 0.15) is 16.8 Å². The van der Waals surface area contributed by atoms with Gasteiger partial charge in [-0.05, 0) is 19.4 Å². The van der Waals surface area contributed by atoms with Gasteiger partial charge in [0.05, 0.1) is 16.1 Å². The van der Waals surface area contributed by atoms with Gasteiger partial charge >= 0.3 is 0 Å². The Balaban J connectivity index is 2.29. The fraction of sp³-hybridized carbons (Fsp3) is 0.308. The average Bonchev–Trinajstić information content (AvgIpc) is 2.93. The quantitative estimate of drug-likeness (QED) is 0.641. The maximum absolute atomic E-state index is 12.4. The molecule has 1 heterocycles. The van der Waals surface area contributed by atoms with Crippen LogP contribution in [-0.2, 0) is 16.4 Å². The molecule has 0 atom stereocenters. The molecule has 1 N–H and O–H groups in total. The SMILES string of the molecule is Cc1ccc(C)c(S(=O)(=O)NCCc2cscn2)c1[N+](=O)[O-]. The smallest absolute Gasteiger partial charge is 0.258 e. The largest absolute Gasteiger partial charge is 0.292 e. The summed E-state index contributed by atoms with van der Waals surface area (Å²) in [5.74, 6) is 0. The molecule has 22 heavy (non-hydrogen) atoms. The molecule has 1 aromatic heterocycles. The molecule has 0 saturated heterocycles. The van der Waals surface area contributed by atoms with Crippen LogP contribution in [0.2, 0.25) is 0 Å². The molecular formula is C13H15N3O4S2. The van der Waals surface area contributed by atoms with Crippen molar-refractivity contribution in [3.8, 4) is 0 Å². The molecule has 0 spiro atoms. The van der Waals surface area contributed by atoms with Crippen LogP contribution in [0.5, 0.6) is 0 Å². The number of aromatic nitrogens is 1. The van der Waals surface area contributed by atoms with Gasteiger partial charge in [0.1, 0.15) is 0 Å². The number of sulfonamides is 1. The second-order valence-corrected chi connectivity index (χ2v) is 7.18. The number of rotatable bonds is 6. The first-order valence-electron chi connectivity index (χ1n) is 6.44. The molecule has 0 amide bonds. The second kappa shape index (κ2) is 6.51. The highest BCUT2D eigenvalue weighted by Gasteiger charge is 2.29. The van der Waals surface area contributed by atoms with Crippen LogP contribution in [-0.4, -0.2) is 24.9 Å². The van der Waals surface area contributed by atoms with Crippen LogP contribution < -0.4 is 4.72 Å². The Morgan fingerprint density at radius 3 is 2.59 bits per heavy atom. The minimum Gasteiger partial charge on any atom is -0.258 e. The molecule has 0 fully saturated rings. The van der Waals surface area contributed by atoms with E-state index in [2.05, 4.69) is 9.71 Å². The van der Waals surface area contributed by atoms with E-state index in [1.807, 2.05) is 5.38 Å². The van der Waals surface area contributed by atoms with Crippen molar-refractivity contribution in [2.75, 3.05) is 6.54 Å². The predicted octanol–water partition coefficient (Wildman–Crippen LogP) is 2.19. The zero-order valence-electron chi connectivity index (χ0n) is 12.1. The number of nitro benzene ring substituents is 1. The van der Waals surface area contributed by atoms with E-state index in [-0.39, 0.29) is 17.1 Å². The third kappa shape index (κ3) is 3.49. The first-order valence-corrected chi connectivity index (χ1v) is 8.87. The van der Waals surface area contributed by atoms with Crippen molar-refractivity contribution in [3.05, 3.63) is 50.0 Å². The average molecular weight is 341 g/mol. The van der Waals surface area contributed by atoms with Crippen molar-refractivity contribution in [3.63, 3.8) is 0 Å². The fourth-order valence-electron chi connectivity index (χ4n) is 2.08. The molecule has 0 saturated carbocycles. The maximum atomic E-state index is 12.4. The van der Waals surface area contributed by atoms with Gasteiger partial charge in [-0.15, -0.1) is 11.3 Å². The van der Waals surface area contributed by atoms with E-state index >= 15 is 0 Å². The van der Waals surface area contributed by atoms with Gasteiger partial charge in [0.2, 0.25) is 10.0 Å². The van der Waals surface area contributed by atoms with E-state index in [1.165, 1.54) is 18.3 Å². The number of aryl methyl sites for hydroxylation is 2. The topological polar surface area (TPSA) is 102 Å². The molecule has 0 aliphatic carbocycles. The van der Waals surface area contributed by atoms with Gasteiger partial charge in [-0.1, -0.05) is 12.1 Å². The molecule has 0 unspecified atom stereocenters. The molecule has 118 valence electrons. The van der Waals surface area contributed by atoms with Crippen molar-refractivity contribution >= 4 is 27.0 Å². The molecule has 2 aromatic rings. The van der Waals surface area contributed by atoms with Gasteiger partial charge in [0, 0.05) is 23.9 Å². The Labute approximate surface area is 132 Å². The van der Waals surface area contributed by atoms with Gasteiger partial charge in [0.25, 0.3) is 5.69 Å². The minimum absolute atomic E-state index is 0.136. The fourth-order valence-corrected chi connectivity index (χ4v) is 4.17. The molecule has 9 heteroatoms. The lowest BCUT2D eigenvalue weighted by molar-refractivity contribution is -0.388. The van der Waals surface area contributed by atoms with Crippen LogP contribution in [0.25, 0.3) is 0 Å². The minimum atomic E-state index is -3.96. The van der Waals surface area contributed by atoms with E-state index < -0.39 is 14.9 Å². The molecule has 0 bridgehead atoms. The first-order chi connectivity index (χ1) is 10.3. The highest BCUT2D eigenvalue weighted by atomic mass is 32.2. The van der Waals surface area contributed by atoms with E-state index in [0.717, 1.165) is 5.69 Å². The molecule has 7 nitrogen and oxygen atoms in total. The standard InChI is InChI=1S/C13H15N3O4S2/c1-9-3-4-10(2)13(12(9)16(17)18)22(19,20)15-6-5-11-7-21-8-14-11/h3-4,7-8,15H,5-6H2,1-2H3. The third-order valence-corrected chi connectivity index (χ3v) is 5.41. The zero-order valence-corrected chi connectivity index (χ0v) is 13.7. The summed E-state index contributed by atoms with van der Waals surface area (Å²) >= 11 is 1.43. The molecule has 1 aromatic carbocycles. The molecular weight excluding hydrogens is 326 g/mol. The molecule has 0 aliphatic heterocycles. The highest BCUT2D eigenvalue weighted by Crippen LogP contribution is 2.30. The van der Waals surface area contributed by atoms with Crippen molar-refractivity contribution in [1.29, 1.82) is 0 Å². The number of thiazole rings is 1. The molecule has 0 radical (unpaired) electrons. The van der Waals surface area contributed by atoms with Gasteiger partial charge in [-0.2, -0.15) is 0 Å². The Bertz CT molecular complexity index is 786. The summed E-state index contributed by atoms with van der Waals surface area (Å²) in [6.07, 6.45) is 0.432. The summed E-state index contributed by atoms with van der Waals surface area (Å²) in [4.78, 5) is 14.3. The summed E-state index contributed by atoms with van der Waals surface area (Å²) in [7, 11) is -3.96. The number of nitro groups is 1. The van der Waals surface area contributed by atoms with Gasteiger partial charge in [-0.3, -0.25) is 10.1 Å². The van der Waals surface area contributed by atoms with Crippen LogP contribution in [0, 0.1) is 24.0 Å². The Hall–Kier alpha value is -1.84. The van der Waals surface area contributed by atoms with Gasteiger partial charge in [0.15, 0.2) is 4.90 Å². The van der Waals surface area contributed by atoms with E-state index in [1.54, 1.807) is 24.6 Å². The lowest BCUT2D eigenvalue weighted by Gasteiger charge is -2.10. The summed E-state index contributed by atoms with van der Waals surface area (Å²) in [6.45, 7) is 3.20. The lowest BCUT2D eigenvalue weighted by Crippen LogP contribution is -2.27. The van der Waals surface area contributed by atoms with E-state index in [9.17, 15) is 18.5 Å². The summed E-state index contributed by atoms with van der Waals surface area (Å²) in [5.41, 5.74) is 2.73. The Morgan fingerprint density at radius 1 is 1.32 bits per heavy atom. The van der Waals surface area contributed by atoms with Crippen LogP contribution in [0.15, 0.2) is 27.9 Å². The number of nitrogens with one attached hydrogen (secondary N) is 1. The Kier molecular flexibility index (Phi) is 4.89. The summed E-state index contributed by atoms with van der Waals surface area (Å²) < 4.78 is 27.3. The predicted molar refractivity (Wildman–Crippen MR) is 83.6 cm³/mol. The first kappa shape index (κ1) is 16.5. The lowest BCUT2D eigenvalue weighted by atomic mass is 10.1. The molecule has 2 rings (SSSR count). The second-order valence-electron chi connectivity index (χ2n) is 4.76. The van der Waals surface area contributed by atoms with E-state index in [4.69, 9.17) is 0 Å². The Morgan fingerprint density at radius 2 is 2.00 bits per heavy atom. The summed E-state index contributed by atoms with van der Waals surface area (Å²) in [5, 5.41) is 13.0. The maximum Gasteiger partial charge on any atom is 0.292 e. The number of benzene rings is 1. The highest BCUT2D eigenvalue weighted by molar-refractivity contribution is 7.89. The van der Waals surface area contributed by atoms with E-state index in [0.29, 0.717) is 17.5 Å². The number of nitrogens with zero attached hydrogens (tertiary/aromatic N) is 2. The van der Waals surface area contributed by atoms with Crippen molar-refractivity contribution in [2.24, 2.45) is 0 Å². The monoisotopic (exact) mass is 341 g/mol. The third-order valence-electron chi connectivity index (χ3n) is 3.14.